The van der Waals surface area contributed by atoms with Crippen LogP contribution < -0.4 is 14.4 Å². The molecule has 2 aliphatic heterocycles. The normalized spacial score (nSPS) is 15.0. The number of benzene rings is 5. The van der Waals surface area contributed by atoms with Crippen LogP contribution in [0.5, 0.6) is 11.5 Å². The zero-order valence-corrected chi connectivity index (χ0v) is 36.4. The summed E-state index contributed by atoms with van der Waals surface area (Å²) in [6, 6.07) is 32.8. The van der Waals surface area contributed by atoms with Gasteiger partial charge in [0.1, 0.15) is 18.2 Å². The smallest absolute Gasteiger partial charge is 0.161 e. The Labute approximate surface area is 337 Å². The number of hydrogen-bond donors (Lipinski definition) is 0. The molecule has 0 fully saturated rings. The lowest BCUT2D eigenvalue weighted by Gasteiger charge is -2.35. The van der Waals surface area contributed by atoms with Gasteiger partial charge in [-0.3, -0.25) is 4.90 Å². The Morgan fingerprint density at radius 3 is 1.52 bits per heavy atom. The van der Waals surface area contributed by atoms with E-state index in [0.29, 0.717) is 19.5 Å². The molecular formula is C52H64N2O2. The summed E-state index contributed by atoms with van der Waals surface area (Å²) in [6.07, 6.45) is 0.934. The van der Waals surface area contributed by atoms with Crippen molar-refractivity contribution in [3.8, 4) is 11.5 Å². The Hall–Kier alpha value is -4.54. The van der Waals surface area contributed by atoms with E-state index in [1.54, 1.807) is 0 Å². The lowest BCUT2D eigenvalue weighted by molar-refractivity contribution is 0.0685. The van der Waals surface area contributed by atoms with Gasteiger partial charge in [-0.25, -0.2) is 0 Å². The molecule has 0 unspecified atom stereocenters. The molecule has 294 valence electrons. The van der Waals surface area contributed by atoms with Crippen molar-refractivity contribution in [1.29, 1.82) is 0 Å². The Morgan fingerprint density at radius 1 is 0.554 bits per heavy atom. The van der Waals surface area contributed by atoms with Crippen LogP contribution in [0.1, 0.15) is 135 Å². The van der Waals surface area contributed by atoms with Crippen LogP contribution in [0.2, 0.25) is 0 Å². The van der Waals surface area contributed by atoms with E-state index >= 15 is 0 Å². The van der Waals surface area contributed by atoms with E-state index < -0.39 is 0 Å². The standard InChI is InChI=1S/C52H64N2O2/c1-33(2)53-29-40-26-44(17-19-46(40)55-31-53)51(10,11)42-15-14-16-43(28-42)52(12,13)45-18-20-47-41(27-45)30-54(32-56-47)49-36(5)23-39(24-37(49)6)25-38-21-34(3)48(35(4)22-38)50(7,8)9/h14-24,26-28,33H,25,29-32H2,1-13H3. The van der Waals surface area contributed by atoms with Crippen LogP contribution in [0.4, 0.5) is 5.69 Å². The van der Waals surface area contributed by atoms with Crippen molar-refractivity contribution in [2.24, 2.45) is 0 Å². The van der Waals surface area contributed by atoms with E-state index in [0.717, 1.165) is 31.0 Å². The van der Waals surface area contributed by atoms with Crippen LogP contribution in [0.15, 0.2) is 84.9 Å². The second-order valence-corrected chi connectivity index (χ2v) is 19.2. The predicted molar refractivity (Wildman–Crippen MR) is 235 cm³/mol. The molecule has 0 spiro atoms. The summed E-state index contributed by atoms with van der Waals surface area (Å²) in [5, 5.41) is 0. The summed E-state index contributed by atoms with van der Waals surface area (Å²) in [5.41, 5.74) is 18.4. The molecule has 7 rings (SSSR count). The largest absolute Gasteiger partial charge is 0.478 e. The number of fused-ring (bicyclic) bond motifs is 2. The van der Waals surface area contributed by atoms with Gasteiger partial charge in [-0.1, -0.05) is 109 Å². The Morgan fingerprint density at radius 2 is 1.02 bits per heavy atom. The molecule has 2 aliphatic rings. The lowest BCUT2D eigenvalue weighted by atomic mass is 9.73. The summed E-state index contributed by atoms with van der Waals surface area (Å²) in [4.78, 5) is 4.78. The monoisotopic (exact) mass is 748 g/mol. The maximum absolute atomic E-state index is 6.45. The van der Waals surface area contributed by atoms with E-state index in [1.165, 1.54) is 78.0 Å². The molecule has 0 aliphatic carbocycles. The zero-order chi connectivity index (χ0) is 40.3. The molecule has 5 aromatic rings. The minimum Gasteiger partial charge on any atom is -0.478 e. The van der Waals surface area contributed by atoms with E-state index in [2.05, 4.69) is 185 Å². The van der Waals surface area contributed by atoms with E-state index in [1.807, 2.05) is 0 Å². The molecule has 4 heteroatoms. The van der Waals surface area contributed by atoms with Gasteiger partial charge in [0.15, 0.2) is 6.73 Å². The Kier molecular flexibility index (Phi) is 10.5. The maximum Gasteiger partial charge on any atom is 0.161 e. The third-order valence-corrected chi connectivity index (χ3v) is 12.7. The molecule has 4 nitrogen and oxygen atoms in total. The van der Waals surface area contributed by atoms with Gasteiger partial charge in [-0.2, -0.15) is 0 Å². The van der Waals surface area contributed by atoms with E-state index in [4.69, 9.17) is 9.47 Å². The topological polar surface area (TPSA) is 24.9 Å². The van der Waals surface area contributed by atoms with Gasteiger partial charge in [-0.05, 0) is 139 Å². The minimum absolute atomic E-state index is 0.144. The van der Waals surface area contributed by atoms with E-state index in [-0.39, 0.29) is 16.2 Å². The molecule has 0 radical (unpaired) electrons. The molecule has 0 saturated heterocycles. The molecule has 0 amide bonds. The van der Waals surface area contributed by atoms with Crippen LogP contribution in [0.3, 0.4) is 0 Å². The lowest BCUT2D eigenvalue weighted by Crippen LogP contribution is -2.37. The highest BCUT2D eigenvalue weighted by molar-refractivity contribution is 5.62. The number of ether oxygens (including phenoxy) is 2. The fourth-order valence-electron chi connectivity index (χ4n) is 9.61. The number of rotatable bonds is 8. The first-order valence-electron chi connectivity index (χ1n) is 20.7. The highest BCUT2D eigenvalue weighted by atomic mass is 16.5. The van der Waals surface area contributed by atoms with Crippen molar-refractivity contribution >= 4 is 5.69 Å². The molecule has 0 bridgehead atoms. The zero-order valence-electron chi connectivity index (χ0n) is 36.4. The maximum atomic E-state index is 6.45. The van der Waals surface area contributed by atoms with Crippen LogP contribution >= 0.6 is 0 Å². The molecule has 0 saturated carbocycles. The van der Waals surface area contributed by atoms with Gasteiger partial charge >= 0.3 is 0 Å². The number of hydrogen-bond acceptors (Lipinski definition) is 4. The summed E-state index contributed by atoms with van der Waals surface area (Å²) >= 11 is 0. The first-order valence-corrected chi connectivity index (χ1v) is 20.7. The van der Waals surface area contributed by atoms with Gasteiger partial charge in [-0.15, -0.1) is 0 Å². The predicted octanol–water partition coefficient (Wildman–Crippen LogP) is 12.4. The average molecular weight is 749 g/mol. The fourth-order valence-corrected chi connectivity index (χ4v) is 9.61. The number of aryl methyl sites for hydroxylation is 4. The summed E-state index contributed by atoms with van der Waals surface area (Å²) in [5.74, 6) is 2.00. The second-order valence-electron chi connectivity index (χ2n) is 19.2. The van der Waals surface area contributed by atoms with Crippen molar-refractivity contribution in [2.45, 2.75) is 132 Å². The van der Waals surface area contributed by atoms with Gasteiger partial charge in [0.25, 0.3) is 0 Å². The third-order valence-electron chi connectivity index (χ3n) is 12.7. The van der Waals surface area contributed by atoms with Gasteiger partial charge in [0.2, 0.25) is 0 Å². The summed E-state index contributed by atoms with van der Waals surface area (Å²) in [7, 11) is 0. The van der Waals surface area contributed by atoms with Gasteiger partial charge < -0.3 is 14.4 Å². The quantitative estimate of drug-likeness (QED) is 0.158. The van der Waals surface area contributed by atoms with Crippen molar-refractivity contribution in [2.75, 3.05) is 18.4 Å². The molecule has 5 aromatic carbocycles. The molecular weight excluding hydrogens is 685 g/mol. The van der Waals surface area contributed by atoms with Crippen molar-refractivity contribution in [3.05, 3.63) is 157 Å². The van der Waals surface area contributed by atoms with Gasteiger partial charge in [0.05, 0.1) is 0 Å². The van der Waals surface area contributed by atoms with Crippen molar-refractivity contribution in [3.63, 3.8) is 0 Å². The molecule has 56 heavy (non-hydrogen) atoms. The second kappa shape index (κ2) is 14.8. The molecule has 2 heterocycles. The highest BCUT2D eigenvalue weighted by Crippen LogP contribution is 2.41. The Balaban J connectivity index is 1.11. The van der Waals surface area contributed by atoms with Crippen LogP contribution in [0.25, 0.3) is 0 Å². The third kappa shape index (κ3) is 7.62. The number of anilines is 1. The SMILES string of the molecule is Cc1cc(Cc2cc(C)c(C(C)(C)C)c(C)c2)cc(C)c1N1COc2ccc(C(C)(C)c3cccc(C(C)(C)c4ccc5c(c4)CN(C(C)C)CO5)c3)cc2C1. The minimum atomic E-state index is -0.208. The Bertz CT molecular complexity index is 2220. The molecule has 0 N–H and O–H groups in total. The summed E-state index contributed by atoms with van der Waals surface area (Å²) in [6.45, 7) is 32.8. The molecule has 0 aromatic heterocycles. The van der Waals surface area contributed by atoms with Crippen LogP contribution in [0, 0.1) is 27.7 Å². The summed E-state index contributed by atoms with van der Waals surface area (Å²) < 4.78 is 12.6. The van der Waals surface area contributed by atoms with Crippen molar-refractivity contribution < 1.29 is 9.47 Å². The first kappa shape index (κ1) is 39.7. The van der Waals surface area contributed by atoms with Gasteiger partial charge in [0, 0.05) is 46.8 Å². The first-order chi connectivity index (χ1) is 26.3. The molecule has 0 atom stereocenters. The van der Waals surface area contributed by atoms with E-state index in [9.17, 15) is 0 Å². The van der Waals surface area contributed by atoms with Crippen LogP contribution in [-0.2, 0) is 35.8 Å². The van der Waals surface area contributed by atoms with Crippen molar-refractivity contribution in [1.82, 2.24) is 4.90 Å². The average Bonchev–Trinajstić information content (AvgIpc) is 3.13. The number of nitrogens with zero attached hydrogens (tertiary/aromatic N) is 2. The fraction of sp³-hybridized carbons (Fsp3) is 0.423. The highest BCUT2D eigenvalue weighted by Gasteiger charge is 2.31. The van der Waals surface area contributed by atoms with Crippen LogP contribution in [-0.4, -0.2) is 24.4 Å².